The van der Waals surface area contributed by atoms with E-state index in [1.165, 1.54) is 9.71 Å². The van der Waals surface area contributed by atoms with E-state index in [-0.39, 0.29) is 0 Å². The van der Waals surface area contributed by atoms with Crippen LogP contribution in [0.4, 0.5) is 0 Å². The van der Waals surface area contributed by atoms with E-state index in [9.17, 15) is 0 Å². The highest BCUT2D eigenvalue weighted by atomic mass is 79.9. The highest BCUT2D eigenvalue weighted by Crippen LogP contribution is 2.26. The van der Waals surface area contributed by atoms with E-state index in [0.29, 0.717) is 5.92 Å². The first-order chi connectivity index (χ1) is 7.72. The number of hydrogen-bond donors (Lipinski definition) is 1. The molecule has 0 bridgehead atoms. The van der Waals surface area contributed by atoms with E-state index in [1.54, 1.807) is 11.3 Å². The first-order valence-corrected chi connectivity index (χ1v) is 7.09. The molecule has 0 saturated heterocycles. The second kappa shape index (κ2) is 5.25. The highest BCUT2D eigenvalue weighted by Gasteiger charge is 2.09. The number of fused-ring (bicyclic) bond motifs is 1. The molecule has 2 N–H and O–H groups in total. The topological polar surface area (TPSA) is 38.9 Å². The first-order valence-electron chi connectivity index (χ1n) is 5.48. The van der Waals surface area contributed by atoms with Crippen LogP contribution < -0.4 is 5.73 Å². The number of aromatic nitrogens is 1. The first kappa shape index (κ1) is 12.0. The Hall–Kier alpha value is -0.450. The Morgan fingerprint density at radius 2 is 2.31 bits per heavy atom. The Labute approximate surface area is 108 Å². The number of nitrogens with zero attached hydrogens (tertiary/aromatic N) is 1. The molecule has 0 aliphatic heterocycles. The lowest BCUT2D eigenvalue weighted by molar-refractivity contribution is 0.518. The third-order valence-electron chi connectivity index (χ3n) is 2.77. The second-order valence-electron chi connectivity index (χ2n) is 3.93. The molecule has 2 nitrogen and oxygen atoms in total. The minimum atomic E-state index is 0.559. The van der Waals surface area contributed by atoms with Gasteiger partial charge in [0.05, 0.1) is 15.2 Å². The monoisotopic (exact) mass is 298 g/mol. The van der Waals surface area contributed by atoms with Crippen molar-refractivity contribution >= 4 is 37.5 Å². The molecule has 1 unspecified atom stereocenters. The summed E-state index contributed by atoms with van der Waals surface area (Å²) in [5, 5.41) is 1.20. The minimum absolute atomic E-state index is 0.559. The quantitative estimate of drug-likeness (QED) is 0.937. The molecule has 0 amide bonds. The number of halogens is 1. The number of thiazole rings is 1. The van der Waals surface area contributed by atoms with Crippen LogP contribution in [0.3, 0.4) is 0 Å². The fourth-order valence-corrected chi connectivity index (χ4v) is 3.09. The Morgan fingerprint density at radius 1 is 1.50 bits per heavy atom. The zero-order valence-electron chi connectivity index (χ0n) is 9.24. The lowest BCUT2D eigenvalue weighted by Crippen LogP contribution is -2.15. The predicted molar refractivity (Wildman–Crippen MR) is 73.9 cm³/mol. The summed E-state index contributed by atoms with van der Waals surface area (Å²) in [7, 11) is 0. The average molecular weight is 299 g/mol. The van der Waals surface area contributed by atoms with Crippen molar-refractivity contribution in [2.75, 3.05) is 6.54 Å². The SMILES string of the molecule is CCC(CN)Cc1nc2cc(Br)ccc2s1. The van der Waals surface area contributed by atoms with Gasteiger partial charge in [-0.15, -0.1) is 11.3 Å². The summed E-state index contributed by atoms with van der Waals surface area (Å²) in [6, 6.07) is 6.24. The number of hydrogen-bond acceptors (Lipinski definition) is 3. The van der Waals surface area contributed by atoms with Crippen molar-refractivity contribution in [3.63, 3.8) is 0 Å². The predicted octanol–water partition coefficient (Wildman–Crippen LogP) is 3.59. The van der Waals surface area contributed by atoms with Crippen molar-refractivity contribution in [2.24, 2.45) is 11.7 Å². The molecule has 1 aromatic heterocycles. The Bertz CT molecular complexity index is 477. The van der Waals surface area contributed by atoms with Crippen molar-refractivity contribution in [3.8, 4) is 0 Å². The summed E-state index contributed by atoms with van der Waals surface area (Å²) in [6.07, 6.45) is 2.13. The van der Waals surface area contributed by atoms with Crippen molar-refractivity contribution in [1.82, 2.24) is 4.98 Å². The third kappa shape index (κ3) is 2.62. The zero-order chi connectivity index (χ0) is 11.5. The van der Waals surface area contributed by atoms with Gasteiger partial charge in [-0.2, -0.15) is 0 Å². The van der Waals surface area contributed by atoms with Crippen molar-refractivity contribution in [2.45, 2.75) is 19.8 Å². The van der Waals surface area contributed by atoms with Crippen LogP contribution in [0.15, 0.2) is 22.7 Å². The molecule has 0 radical (unpaired) electrons. The van der Waals surface area contributed by atoms with Gasteiger partial charge in [-0.3, -0.25) is 0 Å². The largest absolute Gasteiger partial charge is 0.330 e. The van der Waals surface area contributed by atoms with Crippen LogP contribution in [0.5, 0.6) is 0 Å². The highest BCUT2D eigenvalue weighted by molar-refractivity contribution is 9.10. The van der Waals surface area contributed by atoms with Gasteiger partial charge in [0.15, 0.2) is 0 Å². The maximum Gasteiger partial charge on any atom is 0.0941 e. The van der Waals surface area contributed by atoms with Gasteiger partial charge in [0.25, 0.3) is 0 Å². The number of rotatable bonds is 4. The van der Waals surface area contributed by atoms with Crippen molar-refractivity contribution in [1.29, 1.82) is 0 Å². The molecule has 1 atom stereocenters. The normalized spacial score (nSPS) is 13.2. The smallest absolute Gasteiger partial charge is 0.0941 e. The van der Waals surface area contributed by atoms with Crippen LogP contribution in [0.1, 0.15) is 18.4 Å². The van der Waals surface area contributed by atoms with E-state index >= 15 is 0 Å². The molecule has 0 spiro atoms. The fourth-order valence-electron chi connectivity index (χ4n) is 1.68. The summed E-state index contributed by atoms with van der Waals surface area (Å²) in [6.45, 7) is 2.93. The van der Waals surface area contributed by atoms with Gasteiger partial charge in [0, 0.05) is 10.9 Å². The Morgan fingerprint density at radius 3 is 3.00 bits per heavy atom. The zero-order valence-corrected chi connectivity index (χ0v) is 11.6. The summed E-state index contributed by atoms with van der Waals surface area (Å²) < 4.78 is 2.34. The van der Waals surface area contributed by atoms with Gasteiger partial charge in [0.2, 0.25) is 0 Å². The van der Waals surface area contributed by atoms with Crippen LogP contribution in [0.25, 0.3) is 10.2 Å². The number of nitrogens with two attached hydrogens (primary N) is 1. The van der Waals surface area contributed by atoms with Gasteiger partial charge >= 0.3 is 0 Å². The molecule has 16 heavy (non-hydrogen) atoms. The molecule has 4 heteroatoms. The van der Waals surface area contributed by atoms with E-state index in [1.807, 2.05) is 0 Å². The molecule has 1 aromatic carbocycles. The van der Waals surface area contributed by atoms with Gasteiger partial charge in [-0.25, -0.2) is 4.98 Å². The lowest BCUT2D eigenvalue weighted by Gasteiger charge is -2.08. The van der Waals surface area contributed by atoms with Crippen LogP contribution in [-0.2, 0) is 6.42 Å². The maximum absolute atomic E-state index is 5.72. The number of benzene rings is 1. The van der Waals surface area contributed by atoms with E-state index < -0.39 is 0 Å². The Balaban J connectivity index is 2.25. The summed E-state index contributed by atoms with van der Waals surface area (Å²) in [5.74, 6) is 0.559. The van der Waals surface area contributed by atoms with Gasteiger partial charge < -0.3 is 5.73 Å². The van der Waals surface area contributed by atoms with Gasteiger partial charge in [-0.05, 0) is 30.7 Å². The van der Waals surface area contributed by atoms with E-state index in [0.717, 1.165) is 29.4 Å². The molecule has 0 aliphatic carbocycles. The molecular weight excluding hydrogens is 284 g/mol. The van der Waals surface area contributed by atoms with Crippen molar-refractivity contribution < 1.29 is 0 Å². The van der Waals surface area contributed by atoms with Crippen LogP contribution in [0.2, 0.25) is 0 Å². The minimum Gasteiger partial charge on any atom is -0.330 e. The molecule has 2 rings (SSSR count). The van der Waals surface area contributed by atoms with Gasteiger partial charge in [-0.1, -0.05) is 29.3 Å². The van der Waals surface area contributed by atoms with Crippen molar-refractivity contribution in [3.05, 3.63) is 27.7 Å². The molecule has 0 saturated carbocycles. The molecule has 1 heterocycles. The summed E-state index contributed by atoms with van der Waals surface area (Å²) in [5.41, 5.74) is 6.80. The maximum atomic E-state index is 5.72. The van der Waals surface area contributed by atoms with Crippen LogP contribution in [-0.4, -0.2) is 11.5 Å². The summed E-state index contributed by atoms with van der Waals surface area (Å²) >= 11 is 5.24. The molecule has 86 valence electrons. The van der Waals surface area contributed by atoms with E-state index in [2.05, 4.69) is 46.0 Å². The van der Waals surface area contributed by atoms with Gasteiger partial charge in [0.1, 0.15) is 0 Å². The fraction of sp³-hybridized carbons (Fsp3) is 0.417. The van der Waals surface area contributed by atoms with Crippen LogP contribution in [0, 0.1) is 5.92 Å². The standard InChI is InChI=1S/C12H15BrN2S/c1-2-8(7-14)5-12-15-10-6-9(13)3-4-11(10)16-12/h3-4,6,8H,2,5,7,14H2,1H3. The lowest BCUT2D eigenvalue weighted by atomic mass is 10.0. The molecular formula is C12H15BrN2S. The van der Waals surface area contributed by atoms with Crippen LogP contribution >= 0.6 is 27.3 Å². The third-order valence-corrected chi connectivity index (χ3v) is 4.32. The molecule has 2 aromatic rings. The summed E-state index contributed by atoms with van der Waals surface area (Å²) in [4.78, 5) is 4.64. The Kier molecular flexibility index (Phi) is 3.95. The molecule has 0 aliphatic rings. The second-order valence-corrected chi connectivity index (χ2v) is 5.96. The molecule has 0 fully saturated rings. The van der Waals surface area contributed by atoms with E-state index in [4.69, 9.17) is 5.73 Å². The average Bonchev–Trinajstić information content (AvgIpc) is 2.67.